The van der Waals surface area contributed by atoms with Crippen molar-refractivity contribution in [2.75, 3.05) is 0 Å². The summed E-state index contributed by atoms with van der Waals surface area (Å²) in [6.45, 7) is 6.04. The first-order valence-corrected chi connectivity index (χ1v) is 9.43. The van der Waals surface area contributed by atoms with Crippen LogP contribution in [0.5, 0.6) is 0 Å². The lowest BCUT2D eigenvalue weighted by Gasteiger charge is -2.35. The van der Waals surface area contributed by atoms with Crippen LogP contribution in [-0.4, -0.2) is 23.9 Å². The summed E-state index contributed by atoms with van der Waals surface area (Å²) in [5, 5.41) is 0. The van der Waals surface area contributed by atoms with Gasteiger partial charge in [-0.2, -0.15) is 39.5 Å². The van der Waals surface area contributed by atoms with Crippen LogP contribution in [0.4, 0.5) is 39.5 Å². The molecule has 0 saturated carbocycles. The SMILES string of the molecule is C/C(=C(/c1ccccc1)c1ccc(C(C)(C)C)cc1)C(F)(F)C(F)(F)C(F)(F)C(F)(F)F. The summed E-state index contributed by atoms with van der Waals surface area (Å²) in [5.41, 5.74) is -1.82. The van der Waals surface area contributed by atoms with Gasteiger partial charge >= 0.3 is 23.9 Å². The highest BCUT2D eigenvalue weighted by molar-refractivity contribution is 5.83. The Morgan fingerprint density at radius 1 is 0.594 bits per heavy atom. The molecule has 2 aromatic rings. The Balaban J connectivity index is 2.78. The van der Waals surface area contributed by atoms with Gasteiger partial charge in [-0.05, 0) is 34.6 Å². The zero-order chi connectivity index (χ0) is 24.8. The van der Waals surface area contributed by atoms with Crippen molar-refractivity contribution in [3.63, 3.8) is 0 Å². The molecule has 0 unspecified atom stereocenters. The van der Waals surface area contributed by atoms with E-state index in [9.17, 15) is 39.5 Å². The van der Waals surface area contributed by atoms with Gasteiger partial charge in [-0.15, -0.1) is 0 Å². The van der Waals surface area contributed by atoms with Gasteiger partial charge in [0.25, 0.3) is 0 Å². The molecule has 0 bridgehead atoms. The predicted octanol–water partition coefficient (Wildman–Crippen LogP) is 8.27. The van der Waals surface area contributed by atoms with E-state index < -0.39 is 35.1 Å². The number of benzene rings is 2. The number of alkyl halides is 9. The van der Waals surface area contributed by atoms with Gasteiger partial charge in [0.1, 0.15) is 0 Å². The molecular weight excluding hydrogens is 447 g/mol. The fourth-order valence-electron chi connectivity index (χ4n) is 3.11. The molecule has 0 saturated heterocycles. The van der Waals surface area contributed by atoms with Crippen molar-refractivity contribution >= 4 is 5.57 Å². The Bertz CT molecular complexity index is 961. The van der Waals surface area contributed by atoms with Gasteiger partial charge in [0.2, 0.25) is 0 Å². The van der Waals surface area contributed by atoms with Gasteiger partial charge in [-0.1, -0.05) is 75.4 Å². The second-order valence-electron chi connectivity index (χ2n) is 8.41. The summed E-state index contributed by atoms with van der Waals surface area (Å²) in [7, 11) is 0. The minimum Gasteiger partial charge on any atom is -0.194 e. The highest BCUT2D eigenvalue weighted by Crippen LogP contribution is 2.56. The summed E-state index contributed by atoms with van der Waals surface area (Å²) in [6, 6.07) is 12.6. The molecule has 9 heteroatoms. The van der Waals surface area contributed by atoms with Gasteiger partial charge in [0.05, 0.1) is 0 Å². The molecule has 0 aliphatic carbocycles. The molecule has 0 aliphatic rings. The zero-order valence-electron chi connectivity index (χ0n) is 17.6. The first-order chi connectivity index (χ1) is 14.4. The Morgan fingerprint density at radius 2 is 1.03 bits per heavy atom. The molecule has 0 radical (unpaired) electrons. The molecule has 0 atom stereocenters. The Morgan fingerprint density at radius 3 is 1.44 bits per heavy atom. The van der Waals surface area contributed by atoms with E-state index in [0.717, 1.165) is 5.56 Å². The first-order valence-electron chi connectivity index (χ1n) is 9.43. The summed E-state index contributed by atoms with van der Waals surface area (Å²) < 4.78 is 122. The van der Waals surface area contributed by atoms with E-state index in [-0.39, 0.29) is 16.5 Å². The van der Waals surface area contributed by atoms with Crippen LogP contribution < -0.4 is 0 Å². The van der Waals surface area contributed by atoms with E-state index in [2.05, 4.69) is 0 Å². The Labute approximate surface area is 179 Å². The molecule has 0 aromatic heterocycles. The maximum absolute atomic E-state index is 14.7. The number of hydrogen-bond acceptors (Lipinski definition) is 0. The van der Waals surface area contributed by atoms with Gasteiger partial charge in [-0.3, -0.25) is 0 Å². The molecule has 0 spiro atoms. The summed E-state index contributed by atoms with van der Waals surface area (Å²) in [5.74, 6) is -19.5. The summed E-state index contributed by atoms with van der Waals surface area (Å²) in [4.78, 5) is 0. The van der Waals surface area contributed by atoms with Crippen molar-refractivity contribution in [1.82, 2.24) is 0 Å². The van der Waals surface area contributed by atoms with Crippen molar-refractivity contribution in [3.8, 4) is 0 Å². The standard InChI is InChI=1S/C23H21F9/c1-14(20(24,25)21(26,27)22(28,29)23(30,31)32)18(15-8-6-5-7-9-15)16-10-12-17(13-11-16)19(2,3)4/h5-13H,1-4H3/b18-14+. The third-order valence-corrected chi connectivity index (χ3v) is 5.09. The second kappa shape index (κ2) is 8.15. The van der Waals surface area contributed by atoms with Crippen LogP contribution in [0, 0.1) is 0 Å². The molecule has 2 aromatic carbocycles. The molecular formula is C23H21F9. The molecule has 0 aliphatic heterocycles. The van der Waals surface area contributed by atoms with Crippen LogP contribution in [-0.2, 0) is 5.41 Å². The van der Waals surface area contributed by atoms with Crippen LogP contribution in [0.15, 0.2) is 60.2 Å². The first kappa shape index (κ1) is 25.8. The molecule has 0 nitrogen and oxygen atoms in total. The fraction of sp³-hybridized carbons (Fsp3) is 0.391. The van der Waals surface area contributed by atoms with Crippen molar-refractivity contribution in [2.24, 2.45) is 0 Å². The number of rotatable bonds is 5. The second-order valence-corrected chi connectivity index (χ2v) is 8.41. The van der Waals surface area contributed by atoms with Crippen LogP contribution in [0.3, 0.4) is 0 Å². The van der Waals surface area contributed by atoms with E-state index in [1.165, 1.54) is 42.5 Å². The molecule has 0 amide bonds. The molecule has 0 fully saturated rings. The van der Waals surface area contributed by atoms with E-state index in [1.54, 1.807) is 12.1 Å². The normalized spacial score (nSPS) is 14.9. The highest BCUT2D eigenvalue weighted by atomic mass is 19.4. The van der Waals surface area contributed by atoms with Gasteiger partial charge in [-0.25, -0.2) is 0 Å². The van der Waals surface area contributed by atoms with E-state index >= 15 is 0 Å². The number of hydrogen-bond donors (Lipinski definition) is 0. The summed E-state index contributed by atoms with van der Waals surface area (Å²) in [6.07, 6.45) is -6.87. The minimum absolute atomic E-state index is 0.0347. The number of allylic oxidation sites excluding steroid dienone is 1. The van der Waals surface area contributed by atoms with Crippen LogP contribution in [0.1, 0.15) is 44.4 Å². The molecule has 2 rings (SSSR count). The molecule has 176 valence electrons. The van der Waals surface area contributed by atoms with Gasteiger partial charge in [0, 0.05) is 5.57 Å². The lowest BCUT2D eigenvalue weighted by atomic mass is 9.84. The summed E-state index contributed by atoms with van der Waals surface area (Å²) >= 11 is 0. The third kappa shape index (κ3) is 4.38. The van der Waals surface area contributed by atoms with E-state index in [0.29, 0.717) is 6.92 Å². The van der Waals surface area contributed by atoms with E-state index in [1.807, 2.05) is 20.8 Å². The van der Waals surface area contributed by atoms with Crippen LogP contribution in [0.25, 0.3) is 5.57 Å². The minimum atomic E-state index is -6.96. The van der Waals surface area contributed by atoms with Crippen molar-refractivity contribution in [1.29, 1.82) is 0 Å². The maximum atomic E-state index is 14.7. The van der Waals surface area contributed by atoms with Crippen LogP contribution >= 0.6 is 0 Å². The third-order valence-electron chi connectivity index (χ3n) is 5.09. The monoisotopic (exact) mass is 468 g/mol. The lowest BCUT2D eigenvalue weighted by molar-refractivity contribution is -0.389. The average molecular weight is 468 g/mol. The molecule has 0 N–H and O–H groups in total. The Kier molecular flexibility index (Phi) is 6.58. The van der Waals surface area contributed by atoms with Crippen molar-refractivity contribution < 1.29 is 39.5 Å². The predicted molar refractivity (Wildman–Crippen MR) is 104 cm³/mol. The van der Waals surface area contributed by atoms with Crippen LogP contribution in [0.2, 0.25) is 0 Å². The lowest BCUT2D eigenvalue weighted by Crippen LogP contribution is -2.61. The van der Waals surface area contributed by atoms with Crippen molar-refractivity contribution in [2.45, 2.75) is 57.1 Å². The average Bonchev–Trinajstić information content (AvgIpc) is 2.67. The van der Waals surface area contributed by atoms with Crippen molar-refractivity contribution in [3.05, 3.63) is 76.9 Å². The topological polar surface area (TPSA) is 0 Å². The fourth-order valence-corrected chi connectivity index (χ4v) is 3.11. The smallest absolute Gasteiger partial charge is 0.194 e. The highest BCUT2D eigenvalue weighted by Gasteiger charge is 2.82. The molecule has 32 heavy (non-hydrogen) atoms. The molecule has 0 heterocycles. The van der Waals surface area contributed by atoms with Gasteiger partial charge < -0.3 is 0 Å². The maximum Gasteiger partial charge on any atom is 0.460 e. The zero-order valence-corrected chi connectivity index (χ0v) is 17.6. The quantitative estimate of drug-likeness (QED) is 0.388. The van der Waals surface area contributed by atoms with Gasteiger partial charge in [0.15, 0.2) is 0 Å². The number of halogens is 9. The Hall–Kier alpha value is -2.45. The van der Waals surface area contributed by atoms with E-state index in [4.69, 9.17) is 0 Å². The largest absolute Gasteiger partial charge is 0.460 e.